The Balaban J connectivity index is 1.53. The minimum atomic E-state index is 0.148. The van der Waals surface area contributed by atoms with E-state index in [1.54, 1.807) is 27.7 Å². The first-order valence-corrected chi connectivity index (χ1v) is 10.4. The zero-order valence-corrected chi connectivity index (χ0v) is 15.3. The van der Waals surface area contributed by atoms with Gasteiger partial charge in [-0.2, -0.15) is 0 Å². The fraction of sp³-hybridized carbons (Fsp3) is 0.647. The summed E-state index contributed by atoms with van der Waals surface area (Å²) in [6.45, 7) is 3.55. The number of fused-ring (bicyclic) bond motifs is 3. The van der Waals surface area contributed by atoms with Crippen LogP contribution in [0.15, 0.2) is 9.95 Å². The standard InChI is InChI=1S/C17H23N3OS2/c1-19-16(21)14-12-6-5-7-13(12)23-15(14)18-17(19)22-11-10-20-8-3-2-4-9-20/h2-11H2,1H3. The summed E-state index contributed by atoms with van der Waals surface area (Å²) < 4.78 is 1.76. The lowest BCUT2D eigenvalue weighted by Crippen LogP contribution is -2.31. The molecule has 1 fully saturated rings. The number of likely N-dealkylation sites (tertiary alicyclic amines) is 1. The van der Waals surface area contributed by atoms with E-state index in [0.29, 0.717) is 0 Å². The molecule has 3 heterocycles. The van der Waals surface area contributed by atoms with Crippen molar-refractivity contribution in [2.75, 3.05) is 25.4 Å². The summed E-state index contributed by atoms with van der Waals surface area (Å²) in [5.41, 5.74) is 1.43. The highest BCUT2D eigenvalue weighted by molar-refractivity contribution is 7.99. The van der Waals surface area contributed by atoms with Crippen molar-refractivity contribution in [3.63, 3.8) is 0 Å². The molecule has 0 aromatic carbocycles. The molecule has 4 rings (SSSR count). The van der Waals surface area contributed by atoms with Crippen LogP contribution in [0, 0.1) is 0 Å². The molecular formula is C17H23N3OS2. The van der Waals surface area contributed by atoms with Crippen molar-refractivity contribution in [2.24, 2.45) is 7.05 Å². The zero-order chi connectivity index (χ0) is 15.8. The van der Waals surface area contributed by atoms with E-state index < -0.39 is 0 Å². The van der Waals surface area contributed by atoms with Crippen LogP contribution in [0.2, 0.25) is 0 Å². The van der Waals surface area contributed by atoms with Crippen LogP contribution in [-0.4, -0.2) is 39.8 Å². The first-order valence-electron chi connectivity index (χ1n) is 8.60. The van der Waals surface area contributed by atoms with E-state index >= 15 is 0 Å². The molecule has 2 aliphatic rings. The molecule has 4 nitrogen and oxygen atoms in total. The van der Waals surface area contributed by atoms with Crippen molar-refractivity contribution >= 4 is 33.3 Å². The maximum Gasteiger partial charge on any atom is 0.262 e. The molecule has 0 radical (unpaired) electrons. The summed E-state index contributed by atoms with van der Waals surface area (Å²) in [5.74, 6) is 1.01. The first-order chi connectivity index (χ1) is 11.2. The lowest BCUT2D eigenvalue weighted by atomic mass is 10.1. The molecule has 0 amide bonds. The molecule has 1 saturated heterocycles. The molecule has 6 heteroatoms. The third-order valence-corrected chi connectivity index (χ3v) is 7.19. The quantitative estimate of drug-likeness (QED) is 0.628. The number of hydrogen-bond donors (Lipinski definition) is 0. The number of hydrogen-bond acceptors (Lipinski definition) is 5. The van der Waals surface area contributed by atoms with Gasteiger partial charge in [0.25, 0.3) is 5.56 Å². The third kappa shape index (κ3) is 2.96. The summed E-state index contributed by atoms with van der Waals surface area (Å²) in [6.07, 6.45) is 7.39. The number of thiophene rings is 1. The Morgan fingerprint density at radius 3 is 2.83 bits per heavy atom. The minimum Gasteiger partial charge on any atom is -0.303 e. The van der Waals surface area contributed by atoms with Gasteiger partial charge in [0.1, 0.15) is 4.83 Å². The van der Waals surface area contributed by atoms with E-state index in [9.17, 15) is 4.79 Å². The van der Waals surface area contributed by atoms with Crippen LogP contribution in [0.4, 0.5) is 0 Å². The van der Waals surface area contributed by atoms with Crippen molar-refractivity contribution in [1.82, 2.24) is 14.5 Å². The molecular weight excluding hydrogens is 326 g/mol. The van der Waals surface area contributed by atoms with Crippen LogP contribution in [-0.2, 0) is 19.9 Å². The maximum atomic E-state index is 12.7. The lowest BCUT2D eigenvalue weighted by Gasteiger charge is -2.26. The summed E-state index contributed by atoms with van der Waals surface area (Å²) >= 11 is 3.46. The van der Waals surface area contributed by atoms with Crippen molar-refractivity contribution in [3.8, 4) is 0 Å². The van der Waals surface area contributed by atoms with Crippen molar-refractivity contribution in [1.29, 1.82) is 0 Å². The zero-order valence-electron chi connectivity index (χ0n) is 13.6. The van der Waals surface area contributed by atoms with Gasteiger partial charge in [-0.1, -0.05) is 18.2 Å². The highest BCUT2D eigenvalue weighted by atomic mass is 32.2. The molecule has 0 bridgehead atoms. The second kappa shape index (κ2) is 6.57. The van der Waals surface area contributed by atoms with Crippen LogP contribution in [0.1, 0.15) is 36.1 Å². The Kier molecular flexibility index (Phi) is 4.48. The van der Waals surface area contributed by atoms with Crippen LogP contribution in [0.25, 0.3) is 10.2 Å². The van der Waals surface area contributed by atoms with Gasteiger partial charge < -0.3 is 4.90 Å². The minimum absolute atomic E-state index is 0.148. The number of rotatable bonds is 4. The topological polar surface area (TPSA) is 38.1 Å². The highest BCUT2D eigenvalue weighted by Gasteiger charge is 2.22. The predicted octanol–water partition coefficient (Wildman–Crippen LogP) is 3.06. The molecule has 2 aromatic rings. The van der Waals surface area contributed by atoms with E-state index in [4.69, 9.17) is 4.98 Å². The molecule has 1 aliphatic heterocycles. The van der Waals surface area contributed by atoms with Crippen LogP contribution in [0.3, 0.4) is 0 Å². The molecule has 0 atom stereocenters. The molecule has 0 spiro atoms. The van der Waals surface area contributed by atoms with E-state index in [1.165, 1.54) is 49.2 Å². The molecule has 1 aliphatic carbocycles. The average molecular weight is 350 g/mol. The van der Waals surface area contributed by atoms with Crippen LogP contribution in [0.5, 0.6) is 0 Å². The van der Waals surface area contributed by atoms with Gasteiger partial charge in [-0.05, 0) is 50.8 Å². The normalized spacial score (nSPS) is 18.7. The van der Waals surface area contributed by atoms with Gasteiger partial charge in [0.15, 0.2) is 5.16 Å². The summed E-state index contributed by atoms with van der Waals surface area (Å²) in [4.78, 5) is 22.4. The number of piperidine rings is 1. The van der Waals surface area contributed by atoms with Gasteiger partial charge >= 0.3 is 0 Å². The van der Waals surface area contributed by atoms with Gasteiger partial charge in [0, 0.05) is 24.2 Å². The summed E-state index contributed by atoms with van der Waals surface area (Å²) in [5, 5.41) is 1.77. The monoisotopic (exact) mass is 349 g/mol. The van der Waals surface area contributed by atoms with Crippen molar-refractivity contribution in [2.45, 2.75) is 43.7 Å². The van der Waals surface area contributed by atoms with Gasteiger partial charge in [0.05, 0.1) is 5.39 Å². The van der Waals surface area contributed by atoms with Crippen LogP contribution >= 0.6 is 23.1 Å². The molecule has 2 aromatic heterocycles. The largest absolute Gasteiger partial charge is 0.303 e. The fourth-order valence-electron chi connectivity index (χ4n) is 3.68. The molecule has 124 valence electrons. The second-order valence-electron chi connectivity index (χ2n) is 6.55. The number of aromatic nitrogens is 2. The Morgan fingerprint density at radius 1 is 1.17 bits per heavy atom. The van der Waals surface area contributed by atoms with Crippen LogP contribution < -0.4 is 5.56 Å². The second-order valence-corrected chi connectivity index (χ2v) is 8.69. The third-order valence-electron chi connectivity index (χ3n) is 4.99. The Bertz CT molecular complexity index is 774. The van der Waals surface area contributed by atoms with E-state index in [-0.39, 0.29) is 5.56 Å². The lowest BCUT2D eigenvalue weighted by molar-refractivity contribution is 0.242. The predicted molar refractivity (Wildman–Crippen MR) is 97.9 cm³/mol. The van der Waals surface area contributed by atoms with Crippen molar-refractivity contribution in [3.05, 3.63) is 20.8 Å². The van der Waals surface area contributed by atoms with E-state index in [2.05, 4.69) is 4.90 Å². The van der Waals surface area contributed by atoms with Gasteiger partial charge in [-0.25, -0.2) is 4.98 Å². The maximum absolute atomic E-state index is 12.7. The summed E-state index contributed by atoms with van der Waals surface area (Å²) in [6, 6.07) is 0. The van der Waals surface area contributed by atoms with Gasteiger partial charge in [-0.3, -0.25) is 9.36 Å². The van der Waals surface area contributed by atoms with E-state index in [0.717, 1.165) is 40.5 Å². The molecule has 23 heavy (non-hydrogen) atoms. The first kappa shape index (κ1) is 15.7. The highest BCUT2D eigenvalue weighted by Crippen LogP contribution is 2.35. The van der Waals surface area contributed by atoms with Gasteiger partial charge in [0.2, 0.25) is 0 Å². The van der Waals surface area contributed by atoms with E-state index in [1.807, 2.05) is 7.05 Å². The SMILES string of the molecule is Cn1c(SCCN2CCCCC2)nc2sc3c(c2c1=O)CCC3. The number of nitrogens with zero attached hydrogens (tertiary/aromatic N) is 3. The molecule has 0 N–H and O–H groups in total. The fourth-order valence-corrected chi connectivity index (χ4v) is 5.96. The average Bonchev–Trinajstić information content (AvgIpc) is 3.13. The number of thioether (sulfide) groups is 1. The Labute approximate surface area is 144 Å². The number of aryl methyl sites for hydroxylation is 2. The molecule has 0 saturated carbocycles. The summed E-state index contributed by atoms with van der Waals surface area (Å²) in [7, 11) is 1.87. The van der Waals surface area contributed by atoms with Gasteiger partial charge in [-0.15, -0.1) is 11.3 Å². The molecule has 0 unspecified atom stereocenters. The van der Waals surface area contributed by atoms with Crippen molar-refractivity contribution < 1.29 is 0 Å². The smallest absolute Gasteiger partial charge is 0.262 e. The Hall–Kier alpha value is -0.850. The Morgan fingerprint density at radius 2 is 2.00 bits per heavy atom.